The number of ether oxygens (including phenoxy) is 5. The number of halogens is 1. The maximum atomic E-state index is 13.9. The monoisotopic (exact) mass is 1290 g/mol. The van der Waals surface area contributed by atoms with Crippen molar-refractivity contribution in [3.05, 3.63) is 82.9 Å². The molecule has 0 saturated carbocycles. The van der Waals surface area contributed by atoms with E-state index in [-0.39, 0.29) is 79.3 Å². The lowest BCUT2D eigenvalue weighted by Crippen LogP contribution is -2.54. The third-order valence-corrected chi connectivity index (χ3v) is 14.0. The number of hydrogen-bond donors (Lipinski definition) is 1. The highest BCUT2D eigenvalue weighted by molar-refractivity contribution is 6.28. The lowest BCUT2D eigenvalue weighted by molar-refractivity contribution is -0.159. The number of carbonyl (C=O) groups is 5. The van der Waals surface area contributed by atoms with Crippen LogP contribution >= 0.6 is 11.6 Å². The molecule has 0 radical (unpaired) electrons. The molecule has 23 nitrogen and oxygen atoms in total. The Kier molecular flexibility index (Phi) is 28.0. The molecular weight excluding hydrogens is 1180 g/mol. The molecule has 0 aliphatic carbocycles. The third-order valence-electron chi connectivity index (χ3n) is 13.9. The summed E-state index contributed by atoms with van der Waals surface area (Å²) in [5.74, 6) is 0.595. The van der Waals surface area contributed by atoms with Crippen molar-refractivity contribution in [3.8, 4) is 0 Å². The normalized spacial score (nSPS) is 16.0. The Balaban J connectivity index is 1.30. The van der Waals surface area contributed by atoms with Gasteiger partial charge >= 0.3 is 29.8 Å². The van der Waals surface area contributed by atoms with Gasteiger partial charge in [-0.15, -0.1) is 0 Å². The van der Waals surface area contributed by atoms with Crippen molar-refractivity contribution in [2.24, 2.45) is 5.41 Å². The van der Waals surface area contributed by atoms with E-state index in [1.165, 1.54) is 0 Å². The summed E-state index contributed by atoms with van der Waals surface area (Å²) in [7, 11) is 0. The van der Waals surface area contributed by atoms with E-state index in [1.54, 1.807) is 33.9 Å². The number of rotatable bonds is 26. The Bertz CT molecular complexity index is 2880. The van der Waals surface area contributed by atoms with Crippen LogP contribution in [0.1, 0.15) is 172 Å². The summed E-state index contributed by atoms with van der Waals surface area (Å²) in [6, 6.07) is 8.20. The van der Waals surface area contributed by atoms with Gasteiger partial charge in [0.05, 0.1) is 32.7 Å². The molecule has 0 bridgehead atoms. The Hall–Kier alpha value is -6.11. The lowest BCUT2D eigenvalue weighted by Gasteiger charge is -2.40. The summed E-state index contributed by atoms with van der Waals surface area (Å²) < 4.78 is 32.4. The van der Waals surface area contributed by atoms with Gasteiger partial charge in [0.25, 0.3) is 0 Å². The largest absolute Gasteiger partial charge is 0.459 e. The number of unbranched alkanes of at least 4 members (excludes halogenated alkanes) is 2. The van der Waals surface area contributed by atoms with Crippen LogP contribution in [0.2, 0.25) is 5.28 Å². The van der Waals surface area contributed by atoms with E-state index in [0.717, 1.165) is 36.9 Å². The number of nitrogens with zero attached hydrogens (tertiary/aromatic N) is 12. The Morgan fingerprint density at radius 3 is 1.42 bits per heavy atom. The van der Waals surface area contributed by atoms with Gasteiger partial charge in [-0.2, -0.15) is 9.97 Å². The highest BCUT2D eigenvalue weighted by Crippen LogP contribution is 2.23. The number of carbonyl (C=O) groups excluding carboxylic acids is 5. The molecule has 5 rings (SSSR count). The first-order valence-electron chi connectivity index (χ1n) is 32.1. The van der Waals surface area contributed by atoms with Gasteiger partial charge in [-0.25, -0.2) is 15.0 Å². The molecule has 4 heterocycles. The van der Waals surface area contributed by atoms with Crippen LogP contribution in [-0.2, 0) is 86.7 Å². The number of nitrogens with one attached hydrogen (secondary N) is 1. The van der Waals surface area contributed by atoms with Crippen LogP contribution in [0, 0.1) is 5.41 Å². The molecule has 1 aliphatic heterocycles. The molecule has 4 aromatic rings. The van der Waals surface area contributed by atoms with Gasteiger partial charge in [0.2, 0.25) is 11.2 Å². The van der Waals surface area contributed by atoms with Crippen LogP contribution in [0.25, 0.3) is 0 Å². The molecule has 3 aromatic heterocycles. The van der Waals surface area contributed by atoms with Gasteiger partial charge in [0.15, 0.2) is 0 Å². The van der Waals surface area contributed by atoms with Crippen molar-refractivity contribution in [2.45, 2.75) is 217 Å². The van der Waals surface area contributed by atoms with Crippen molar-refractivity contribution in [3.63, 3.8) is 0 Å². The van der Waals surface area contributed by atoms with Gasteiger partial charge in [-0.3, -0.25) is 48.5 Å². The molecule has 508 valence electrons. The average molecular weight is 1290 g/mol. The lowest BCUT2D eigenvalue weighted by atomic mass is 9.95. The summed E-state index contributed by atoms with van der Waals surface area (Å²) in [6.45, 7) is 41.3. The molecule has 1 fully saturated rings. The number of imidazole rings is 2. The molecule has 0 spiro atoms. The number of hydrogen-bond acceptors (Lipinski definition) is 21. The van der Waals surface area contributed by atoms with E-state index in [4.69, 9.17) is 40.3 Å². The SMILES string of the molecule is CC(C)(C)CN1CCN(CC(=O)OC(C)(C)C)CCN(CC(=O)OC(C)(C)C)CCN(CC(=O)OC(C)(C)C)C(Cc2ccc(Cc3nc(Cl)nc(NCCCCCN(Cc4nccn4CC(=O)OC(C)(C)C)Cc4nccn4CC(=O)OC(C)(C)C)n3)cc2)C1. The fraction of sp³-hybridized carbons (Fsp3) is 0.701. The quantitative estimate of drug-likeness (QED) is 0.0352. The van der Waals surface area contributed by atoms with Gasteiger partial charge in [-0.05, 0) is 158 Å². The maximum Gasteiger partial charge on any atom is 0.326 e. The first kappa shape index (κ1) is 75.6. The van der Waals surface area contributed by atoms with Crippen LogP contribution in [0.5, 0.6) is 0 Å². The molecule has 91 heavy (non-hydrogen) atoms. The first-order valence-corrected chi connectivity index (χ1v) is 32.5. The van der Waals surface area contributed by atoms with Crippen LogP contribution in [0.3, 0.4) is 0 Å². The zero-order valence-corrected chi connectivity index (χ0v) is 58.8. The van der Waals surface area contributed by atoms with Crippen LogP contribution in [0.4, 0.5) is 5.95 Å². The maximum absolute atomic E-state index is 13.9. The van der Waals surface area contributed by atoms with Crippen molar-refractivity contribution in [2.75, 3.05) is 90.4 Å². The van der Waals surface area contributed by atoms with Gasteiger partial charge in [0, 0.05) is 96.2 Å². The number of esters is 5. The minimum Gasteiger partial charge on any atom is -0.459 e. The second-order valence-corrected chi connectivity index (χ2v) is 30.4. The zero-order chi connectivity index (χ0) is 67.5. The minimum absolute atomic E-state index is 0.0234. The van der Waals surface area contributed by atoms with E-state index < -0.39 is 28.0 Å². The summed E-state index contributed by atoms with van der Waals surface area (Å²) in [5.41, 5.74) is -1.29. The molecule has 1 atom stereocenters. The third kappa shape index (κ3) is 31.4. The second kappa shape index (κ2) is 33.6. The molecule has 1 unspecified atom stereocenters. The van der Waals surface area contributed by atoms with E-state index in [0.29, 0.717) is 108 Å². The Morgan fingerprint density at radius 1 is 0.527 bits per heavy atom. The van der Waals surface area contributed by atoms with E-state index in [1.807, 2.05) is 104 Å². The Labute approximate surface area is 547 Å². The predicted molar refractivity (Wildman–Crippen MR) is 352 cm³/mol. The molecule has 0 amide bonds. The summed E-state index contributed by atoms with van der Waals surface area (Å²) >= 11 is 6.55. The summed E-state index contributed by atoms with van der Waals surface area (Å²) in [4.78, 5) is 100. The van der Waals surface area contributed by atoms with Crippen molar-refractivity contribution >= 4 is 47.4 Å². The number of aromatic nitrogens is 7. The smallest absolute Gasteiger partial charge is 0.326 e. The van der Waals surface area contributed by atoms with Gasteiger partial charge < -0.3 is 38.1 Å². The van der Waals surface area contributed by atoms with Crippen LogP contribution in [-0.4, -0.2) is 208 Å². The highest BCUT2D eigenvalue weighted by atomic mass is 35.5. The summed E-state index contributed by atoms with van der Waals surface area (Å²) in [6.07, 6.45) is 10.4. The standard InChI is InChI=1S/C67H108ClN13O10/c1-62(2,3)48-78-35-34-75(43-55(82)87-63(4,5)6)32-33-76(44-56(83)88-64(7,8)9)36-37-79(45-57(84)89-65(10,11)12)51(40-78)38-49-22-24-50(25-23-49)39-52-72-60(68)74-61(73-52)71-26-20-19-21-29-77(41-53-69-27-30-80(53)46-58(85)90-66(13,14)15)42-54-70-28-31-81(54)47-59(86)91-67(16,17)18/h22-25,27-28,30-31,51H,19-21,26,29,32-48H2,1-18H3,(H,71,72,73,74). The van der Waals surface area contributed by atoms with Crippen LogP contribution < -0.4 is 5.32 Å². The van der Waals surface area contributed by atoms with Gasteiger partial charge in [-0.1, -0.05) is 51.5 Å². The van der Waals surface area contributed by atoms with Crippen LogP contribution in [0.15, 0.2) is 49.1 Å². The average Bonchev–Trinajstić information content (AvgIpc) is 2.21. The topological polar surface area (TPSA) is 234 Å². The first-order chi connectivity index (χ1) is 42.2. The fourth-order valence-corrected chi connectivity index (χ4v) is 10.7. The molecule has 24 heteroatoms. The molecule has 1 N–H and O–H groups in total. The molecular formula is C67H108ClN13O10. The number of benzene rings is 1. The highest BCUT2D eigenvalue weighted by Gasteiger charge is 2.32. The van der Waals surface area contributed by atoms with Crippen molar-refractivity contribution in [1.82, 2.24) is 58.6 Å². The zero-order valence-electron chi connectivity index (χ0n) is 58.1. The molecule has 1 aromatic carbocycles. The molecule has 1 saturated heterocycles. The summed E-state index contributed by atoms with van der Waals surface area (Å²) in [5, 5.41) is 3.44. The second-order valence-electron chi connectivity index (χ2n) is 30.1. The van der Waals surface area contributed by atoms with Crippen molar-refractivity contribution < 1.29 is 47.7 Å². The van der Waals surface area contributed by atoms with E-state index in [9.17, 15) is 24.0 Å². The van der Waals surface area contributed by atoms with E-state index >= 15 is 0 Å². The van der Waals surface area contributed by atoms with Gasteiger partial charge in [0.1, 0.15) is 58.6 Å². The molecule has 1 aliphatic rings. The minimum atomic E-state index is -0.693. The Morgan fingerprint density at radius 2 is 0.956 bits per heavy atom. The number of anilines is 1. The van der Waals surface area contributed by atoms with Crippen molar-refractivity contribution in [1.29, 1.82) is 0 Å². The van der Waals surface area contributed by atoms with E-state index in [2.05, 4.69) is 94.8 Å². The predicted octanol–water partition coefficient (Wildman–Crippen LogP) is 8.68. The fourth-order valence-electron chi connectivity index (χ4n) is 10.5.